The summed E-state index contributed by atoms with van der Waals surface area (Å²) in [6.45, 7) is 7.79. The molecule has 0 bridgehead atoms. The van der Waals surface area contributed by atoms with Crippen molar-refractivity contribution in [2.45, 2.75) is 45.6 Å². The van der Waals surface area contributed by atoms with Crippen molar-refractivity contribution in [3.63, 3.8) is 0 Å². The molecular weight excluding hydrogens is 228 g/mol. The van der Waals surface area contributed by atoms with Gasteiger partial charge in [0.1, 0.15) is 11.9 Å². The first-order chi connectivity index (χ1) is 8.49. The molecule has 1 aliphatic carbocycles. The van der Waals surface area contributed by atoms with E-state index < -0.39 is 0 Å². The summed E-state index contributed by atoms with van der Waals surface area (Å²) in [5.74, 6) is -0.0401. The molecule has 1 saturated heterocycles. The highest BCUT2D eigenvalue weighted by atomic mass is 16.6. The van der Waals surface area contributed by atoms with E-state index in [1.165, 1.54) is 5.57 Å². The number of ether oxygens (including phenoxy) is 1. The van der Waals surface area contributed by atoms with Crippen molar-refractivity contribution in [1.29, 1.82) is 0 Å². The summed E-state index contributed by atoms with van der Waals surface area (Å²) in [4.78, 5) is 23.5. The van der Waals surface area contributed by atoms with Crippen LogP contribution < -0.4 is 0 Å². The van der Waals surface area contributed by atoms with E-state index >= 15 is 0 Å². The smallest absolute Gasteiger partial charge is 0.334 e. The summed E-state index contributed by atoms with van der Waals surface area (Å²) in [6, 6.07) is 0. The monoisotopic (exact) mass is 248 g/mol. The third-order valence-corrected chi connectivity index (χ3v) is 4.05. The highest BCUT2D eigenvalue weighted by Crippen LogP contribution is 2.35. The summed E-state index contributed by atoms with van der Waals surface area (Å²) < 4.78 is 5.35. The van der Waals surface area contributed by atoms with Crippen LogP contribution >= 0.6 is 0 Å². The molecule has 98 valence electrons. The average molecular weight is 248 g/mol. The van der Waals surface area contributed by atoms with Crippen LogP contribution in [0.15, 0.2) is 23.8 Å². The number of allylic oxidation sites excluding steroid dienone is 2. The van der Waals surface area contributed by atoms with Gasteiger partial charge in [-0.3, -0.25) is 4.79 Å². The molecule has 0 spiro atoms. The first-order valence-electron chi connectivity index (χ1n) is 6.57. The van der Waals surface area contributed by atoms with Gasteiger partial charge in [0.25, 0.3) is 0 Å². The van der Waals surface area contributed by atoms with Crippen LogP contribution in [0, 0.1) is 11.8 Å². The Morgan fingerprint density at radius 1 is 1.39 bits per heavy atom. The van der Waals surface area contributed by atoms with E-state index in [2.05, 4.69) is 6.58 Å². The number of hydrogen-bond donors (Lipinski definition) is 0. The lowest BCUT2D eigenvalue weighted by Crippen LogP contribution is -2.24. The summed E-state index contributed by atoms with van der Waals surface area (Å²) in [5, 5.41) is 0. The van der Waals surface area contributed by atoms with E-state index in [9.17, 15) is 9.59 Å². The summed E-state index contributed by atoms with van der Waals surface area (Å²) in [7, 11) is 0. The molecule has 18 heavy (non-hydrogen) atoms. The molecule has 1 aliphatic heterocycles. The molecule has 2 aliphatic rings. The zero-order chi connectivity index (χ0) is 13.3. The van der Waals surface area contributed by atoms with Gasteiger partial charge in [0.05, 0.1) is 0 Å². The van der Waals surface area contributed by atoms with E-state index in [4.69, 9.17) is 4.74 Å². The van der Waals surface area contributed by atoms with Gasteiger partial charge in [0.15, 0.2) is 0 Å². The molecule has 1 unspecified atom stereocenters. The topological polar surface area (TPSA) is 43.4 Å². The molecule has 2 rings (SSSR count). The Hall–Kier alpha value is -1.38. The number of carbonyl (C=O) groups excluding carboxylic acids is 2. The van der Waals surface area contributed by atoms with Gasteiger partial charge in [-0.05, 0) is 26.2 Å². The molecule has 0 saturated carbocycles. The lowest BCUT2D eigenvalue weighted by molar-refractivity contribution is -0.140. The number of fused-ring (bicyclic) bond motifs is 1. The number of carbonyl (C=O) groups is 2. The normalized spacial score (nSPS) is 36.7. The number of ketones is 1. The van der Waals surface area contributed by atoms with Crippen LogP contribution in [-0.2, 0) is 14.3 Å². The number of rotatable bonds is 0. The van der Waals surface area contributed by atoms with Gasteiger partial charge in [-0.25, -0.2) is 4.79 Å². The summed E-state index contributed by atoms with van der Waals surface area (Å²) in [6.07, 6.45) is 4.77. The van der Waals surface area contributed by atoms with Gasteiger partial charge in [-0.1, -0.05) is 25.2 Å². The van der Waals surface area contributed by atoms with E-state index in [1.54, 1.807) is 0 Å². The van der Waals surface area contributed by atoms with Gasteiger partial charge in [0.2, 0.25) is 0 Å². The van der Waals surface area contributed by atoms with Gasteiger partial charge in [-0.2, -0.15) is 0 Å². The van der Waals surface area contributed by atoms with Crippen LogP contribution in [0.25, 0.3) is 0 Å². The summed E-state index contributed by atoms with van der Waals surface area (Å²) >= 11 is 0. The molecule has 0 aromatic heterocycles. The van der Waals surface area contributed by atoms with Crippen LogP contribution in [-0.4, -0.2) is 17.9 Å². The molecule has 0 amide bonds. The van der Waals surface area contributed by atoms with Gasteiger partial charge in [-0.15, -0.1) is 0 Å². The third-order valence-electron chi connectivity index (χ3n) is 4.05. The molecule has 1 fully saturated rings. The lowest BCUT2D eigenvalue weighted by Gasteiger charge is -2.22. The zero-order valence-electron chi connectivity index (χ0n) is 11.1. The second kappa shape index (κ2) is 5.09. The van der Waals surface area contributed by atoms with Crippen LogP contribution in [0.4, 0.5) is 0 Å². The van der Waals surface area contributed by atoms with E-state index in [0.29, 0.717) is 18.4 Å². The molecule has 3 heteroatoms. The number of hydrogen-bond acceptors (Lipinski definition) is 3. The maximum Gasteiger partial charge on any atom is 0.334 e. The van der Waals surface area contributed by atoms with Gasteiger partial charge < -0.3 is 4.74 Å². The largest absolute Gasteiger partial charge is 0.458 e. The first-order valence-corrected chi connectivity index (χ1v) is 6.57. The fraction of sp³-hybridized carbons (Fsp3) is 0.600. The maximum atomic E-state index is 11.9. The minimum absolute atomic E-state index is 0.0571. The standard InChI is InChI=1S/C15H20O3/c1-9-4-6-12-11(3)15(17)18-14(12)8-10(2)13(16)7-5-9/h5,10,12,14H,3-4,6-8H2,1-2H3/b9-5-/t10-,12?,14-/m1/s1. The molecule has 3 nitrogen and oxygen atoms in total. The van der Waals surface area contributed by atoms with Crippen molar-refractivity contribution < 1.29 is 14.3 Å². The minimum atomic E-state index is -0.287. The second-order valence-corrected chi connectivity index (χ2v) is 5.47. The quantitative estimate of drug-likeness (QED) is 0.376. The fourth-order valence-corrected chi connectivity index (χ4v) is 2.68. The predicted molar refractivity (Wildman–Crippen MR) is 68.9 cm³/mol. The molecular formula is C15H20O3. The van der Waals surface area contributed by atoms with Crippen molar-refractivity contribution in [2.24, 2.45) is 11.8 Å². The number of esters is 1. The maximum absolute atomic E-state index is 11.9. The molecule has 0 aromatic rings. The van der Waals surface area contributed by atoms with E-state index in [1.807, 2.05) is 19.9 Å². The summed E-state index contributed by atoms with van der Waals surface area (Å²) in [5.41, 5.74) is 1.79. The van der Waals surface area contributed by atoms with Crippen molar-refractivity contribution in [1.82, 2.24) is 0 Å². The average Bonchev–Trinajstić information content (AvgIpc) is 2.59. The molecule has 0 radical (unpaired) electrons. The van der Waals surface area contributed by atoms with Crippen LogP contribution in [0.3, 0.4) is 0 Å². The second-order valence-electron chi connectivity index (χ2n) is 5.47. The van der Waals surface area contributed by atoms with Gasteiger partial charge >= 0.3 is 5.97 Å². The van der Waals surface area contributed by atoms with E-state index in [0.717, 1.165) is 12.8 Å². The lowest BCUT2D eigenvalue weighted by atomic mass is 9.83. The molecule has 1 heterocycles. The number of Topliss-reactive ketones (excluding diaryl/α,β-unsaturated/α-hetero) is 1. The van der Waals surface area contributed by atoms with Crippen LogP contribution in [0.5, 0.6) is 0 Å². The van der Waals surface area contributed by atoms with Crippen molar-refractivity contribution in [3.05, 3.63) is 23.8 Å². The Bertz CT molecular complexity index is 419. The predicted octanol–water partition coefficient (Wildman–Crippen LogP) is 2.81. The van der Waals surface area contributed by atoms with Crippen molar-refractivity contribution in [2.75, 3.05) is 0 Å². The van der Waals surface area contributed by atoms with Crippen molar-refractivity contribution in [3.8, 4) is 0 Å². The van der Waals surface area contributed by atoms with Crippen molar-refractivity contribution >= 4 is 11.8 Å². The van der Waals surface area contributed by atoms with E-state index in [-0.39, 0.29) is 29.7 Å². The Labute approximate surface area is 108 Å². The fourth-order valence-electron chi connectivity index (χ4n) is 2.68. The van der Waals surface area contributed by atoms with Crippen LogP contribution in [0.1, 0.15) is 39.5 Å². The highest BCUT2D eigenvalue weighted by molar-refractivity contribution is 5.91. The SMILES string of the molecule is C=C1C(=O)O[C@@H]2C[C@@H](C)C(=O)C/C=C(/C)CCC12. The molecule has 0 N–H and O–H groups in total. The van der Waals surface area contributed by atoms with Crippen LogP contribution in [0.2, 0.25) is 0 Å². The first kappa shape index (κ1) is 13.1. The molecule has 3 atom stereocenters. The molecule has 0 aromatic carbocycles. The highest BCUT2D eigenvalue weighted by Gasteiger charge is 2.39. The Kier molecular flexibility index (Phi) is 3.69. The third kappa shape index (κ3) is 2.55. The Morgan fingerprint density at radius 3 is 2.83 bits per heavy atom. The zero-order valence-corrected chi connectivity index (χ0v) is 11.1. The minimum Gasteiger partial charge on any atom is -0.458 e. The Balaban J connectivity index is 2.22. The van der Waals surface area contributed by atoms with Gasteiger partial charge in [0, 0.05) is 23.8 Å². The Morgan fingerprint density at radius 2 is 2.11 bits per heavy atom.